The van der Waals surface area contributed by atoms with Crippen molar-refractivity contribution in [1.29, 1.82) is 0 Å². The minimum atomic E-state index is -0.0531. The molecule has 1 heterocycles. The van der Waals surface area contributed by atoms with E-state index in [1.165, 1.54) is 5.56 Å². The van der Waals surface area contributed by atoms with E-state index in [-0.39, 0.29) is 11.4 Å². The van der Waals surface area contributed by atoms with Gasteiger partial charge in [-0.25, -0.2) is 4.79 Å². The van der Waals surface area contributed by atoms with Crippen LogP contribution < -0.4 is 10.6 Å². The van der Waals surface area contributed by atoms with Crippen molar-refractivity contribution < 1.29 is 4.79 Å². The Labute approximate surface area is 96.2 Å². The van der Waals surface area contributed by atoms with Crippen LogP contribution in [0.25, 0.3) is 0 Å². The van der Waals surface area contributed by atoms with Crippen molar-refractivity contribution in [3.8, 4) is 0 Å². The van der Waals surface area contributed by atoms with E-state index in [4.69, 9.17) is 0 Å². The largest absolute Gasteiger partial charge is 0.337 e. The molecular weight excluding hydrogens is 200 g/mol. The Morgan fingerprint density at radius 3 is 2.38 bits per heavy atom. The van der Waals surface area contributed by atoms with Gasteiger partial charge in [0, 0.05) is 18.5 Å². The Kier molecular flexibility index (Phi) is 3.13. The second kappa shape index (κ2) is 4.56. The van der Waals surface area contributed by atoms with Crippen LogP contribution in [0.1, 0.15) is 25.3 Å². The van der Waals surface area contributed by atoms with Gasteiger partial charge in [0.05, 0.1) is 0 Å². The lowest BCUT2D eigenvalue weighted by Gasteiger charge is -2.38. The topological polar surface area (TPSA) is 41.1 Å². The van der Waals surface area contributed by atoms with Gasteiger partial charge >= 0.3 is 6.03 Å². The second-order valence-corrected chi connectivity index (χ2v) is 4.43. The van der Waals surface area contributed by atoms with Gasteiger partial charge in [-0.15, -0.1) is 0 Å². The third-order valence-electron chi connectivity index (χ3n) is 3.29. The number of rotatable bonds is 3. The lowest BCUT2D eigenvalue weighted by molar-refractivity contribution is 0.219. The minimum Gasteiger partial charge on any atom is -0.337 e. The molecule has 1 aromatic rings. The summed E-state index contributed by atoms with van der Waals surface area (Å²) in [4.78, 5) is 11.2. The van der Waals surface area contributed by atoms with Crippen molar-refractivity contribution in [2.24, 2.45) is 0 Å². The summed E-state index contributed by atoms with van der Waals surface area (Å²) >= 11 is 0. The number of hydrogen-bond donors (Lipinski definition) is 2. The Morgan fingerprint density at radius 2 is 1.81 bits per heavy atom. The van der Waals surface area contributed by atoms with Crippen LogP contribution in [0.2, 0.25) is 0 Å². The van der Waals surface area contributed by atoms with Crippen molar-refractivity contribution in [2.45, 2.75) is 25.2 Å². The van der Waals surface area contributed by atoms with Crippen molar-refractivity contribution in [2.75, 3.05) is 13.1 Å². The molecule has 0 radical (unpaired) electrons. The zero-order valence-electron chi connectivity index (χ0n) is 9.62. The first-order chi connectivity index (χ1) is 7.77. The first-order valence-electron chi connectivity index (χ1n) is 5.84. The summed E-state index contributed by atoms with van der Waals surface area (Å²) in [6.45, 7) is 3.65. The van der Waals surface area contributed by atoms with Gasteiger partial charge in [-0.2, -0.15) is 0 Å². The van der Waals surface area contributed by atoms with Gasteiger partial charge in [-0.3, -0.25) is 0 Å². The molecule has 0 unspecified atom stereocenters. The average Bonchev–Trinajstić information content (AvgIpc) is 2.34. The third kappa shape index (κ3) is 2.03. The molecule has 1 fully saturated rings. The van der Waals surface area contributed by atoms with Crippen molar-refractivity contribution >= 4 is 6.03 Å². The van der Waals surface area contributed by atoms with Crippen LogP contribution in [0.15, 0.2) is 30.3 Å². The molecule has 1 saturated heterocycles. The molecule has 1 aliphatic heterocycles. The van der Waals surface area contributed by atoms with E-state index < -0.39 is 0 Å². The molecule has 2 amide bonds. The second-order valence-electron chi connectivity index (χ2n) is 4.43. The maximum Gasteiger partial charge on any atom is 0.314 e. The standard InChI is InChI=1S/C13H18N2O/c1-2-8-13(9-14-12(16)15-10-13)11-6-4-3-5-7-11/h3-7H,2,8-10H2,1H3,(H2,14,15,16). The van der Waals surface area contributed by atoms with Crippen LogP contribution >= 0.6 is 0 Å². The first-order valence-corrected chi connectivity index (χ1v) is 5.84. The molecular formula is C13H18N2O. The molecule has 3 heteroatoms. The molecule has 86 valence electrons. The number of nitrogens with one attached hydrogen (secondary N) is 2. The highest BCUT2D eigenvalue weighted by molar-refractivity contribution is 5.75. The summed E-state index contributed by atoms with van der Waals surface area (Å²) in [5.74, 6) is 0. The predicted molar refractivity (Wildman–Crippen MR) is 64.4 cm³/mol. The van der Waals surface area contributed by atoms with Crippen LogP contribution in [0.5, 0.6) is 0 Å². The number of hydrogen-bond acceptors (Lipinski definition) is 1. The number of benzene rings is 1. The molecule has 3 nitrogen and oxygen atoms in total. The summed E-state index contributed by atoms with van der Waals surface area (Å²) in [5.41, 5.74) is 1.37. The fourth-order valence-electron chi connectivity index (χ4n) is 2.42. The number of carbonyl (C=O) groups is 1. The van der Waals surface area contributed by atoms with Gasteiger partial charge in [0.1, 0.15) is 0 Å². The number of carbonyl (C=O) groups excluding carboxylic acids is 1. The fraction of sp³-hybridized carbons (Fsp3) is 0.462. The molecule has 0 spiro atoms. The summed E-state index contributed by atoms with van der Waals surface area (Å²) in [6, 6.07) is 10.4. The van der Waals surface area contributed by atoms with Gasteiger partial charge in [0.2, 0.25) is 0 Å². The zero-order valence-corrected chi connectivity index (χ0v) is 9.62. The van der Waals surface area contributed by atoms with Crippen LogP contribution in [0, 0.1) is 0 Å². The Morgan fingerprint density at radius 1 is 1.19 bits per heavy atom. The monoisotopic (exact) mass is 218 g/mol. The molecule has 0 aliphatic carbocycles. The van der Waals surface area contributed by atoms with E-state index in [9.17, 15) is 4.79 Å². The molecule has 0 atom stereocenters. The van der Waals surface area contributed by atoms with Gasteiger partial charge < -0.3 is 10.6 Å². The van der Waals surface area contributed by atoms with E-state index >= 15 is 0 Å². The Hall–Kier alpha value is -1.51. The SMILES string of the molecule is CCCC1(c2ccccc2)CNC(=O)NC1. The van der Waals surface area contributed by atoms with E-state index in [0.29, 0.717) is 0 Å². The minimum absolute atomic E-state index is 0.0531. The molecule has 2 N–H and O–H groups in total. The lowest BCUT2D eigenvalue weighted by Crippen LogP contribution is -2.57. The number of urea groups is 1. The van der Waals surface area contributed by atoms with Crippen molar-refractivity contribution in [3.05, 3.63) is 35.9 Å². The lowest BCUT2D eigenvalue weighted by atomic mass is 9.76. The summed E-state index contributed by atoms with van der Waals surface area (Å²) in [6.07, 6.45) is 2.21. The maximum atomic E-state index is 11.2. The van der Waals surface area contributed by atoms with Crippen molar-refractivity contribution in [3.63, 3.8) is 0 Å². The third-order valence-corrected chi connectivity index (χ3v) is 3.29. The van der Waals surface area contributed by atoms with E-state index in [1.54, 1.807) is 0 Å². The van der Waals surface area contributed by atoms with E-state index in [0.717, 1.165) is 25.9 Å². The Balaban J connectivity index is 2.25. The van der Waals surface area contributed by atoms with Crippen LogP contribution in [-0.2, 0) is 5.41 Å². The maximum absolute atomic E-state index is 11.2. The van der Waals surface area contributed by atoms with Gasteiger partial charge in [-0.1, -0.05) is 43.7 Å². The van der Waals surface area contributed by atoms with Gasteiger partial charge in [0.15, 0.2) is 0 Å². The highest BCUT2D eigenvalue weighted by atomic mass is 16.2. The summed E-state index contributed by atoms with van der Waals surface area (Å²) in [5, 5.41) is 5.81. The highest BCUT2D eigenvalue weighted by Crippen LogP contribution is 2.29. The van der Waals surface area contributed by atoms with Gasteiger partial charge in [-0.05, 0) is 12.0 Å². The first kappa shape index (κ1) is 11.0. The van der Waals surface area contributed by atoms with Crippen LogP contribution in [-0.4, -0.2) is 19.1 Å². The zero-order chi connectivity index (χ0) is 11.4. The molecule has 1 aromatic carbocycles. The molecule has 0 saturated carbocycles. The Bertz CT molecular complexity index is 351. The van der Waals surface area contributed by atoms with E-state index in [1.807, 2.05) is 6.07 Å². The number of amides is 2. The molecule has 1 aliphatic rings. The quantitative estimate of drug-likeness (QED) is 0.801. The summed E-state index contributed by atoms with van der Waals surface area (Å²) < 4.78 is 0. The molecule has 2 rings (SSSR count). The summed E-state index contributed by atoms with van der Waals surface area (Å²) in [7, 11) is 0. The van der Waals surface area contributed by atoms with E-state index in [2.05, 4.69) is 41.8 Å². The van der Waals surface area contributed by atoms with Crippen LogP contribution in [0.3, 0.4) is 0 Å². The smallest absolute Gasteiger partial charge is 0.314 e. The molecule has 0 aromatic heterocycles. The predicted octanol–water partition coefficient (Wildman–Crippen LogP) is 2.04. The molecule has 0 bridgehead atoms. The molecule has 16 heavy (non-hydrogen) atoms. The highest BCUT2D eigenvalue weighted by Gasteiger charge is 2.35. The fourth-order valence-corrected chi connectivity index (χ4v) is 2.42. The van der Waals surface area contributed by atoms with Crippen molar-refractivity contribution in [1.82, 2.24) is 10.6 Å². The average molecular weight is 218 g/mol. The van der Waals surface area contributed by atoms with Gasteiger partial charge in [0.25, 0.3) is 0 Å². The van der Waals surface area contributed by atoms with Crippen LogP contribution in [0.4, 0.5) is 4.79 Å². The normalized spacial score (nSPS) is 18.7.